The highest BCUT2D eigenvalue weighted by molar-refractivity contribution is 5.76. The summed E-state index contributed by atoms with van der Waals surface area (Å²) in [6.45, 7) is 4.26. The Morgan fingerprint density at radius 1 is 0.397 bits per heavy atom. The van der Waals surface area contributed by atoms with Crippen LogP contribution < -0.4 is 5.32 Å². The largest absolute Gasteiger partial charge is 0.394 e. The molecule has 346 valence electrons. The number of rotatable bonds is 50. The third-order valence-electron chi connectivity index (χ3n) is 12.8. The quantitative estimate of drug-likeness (QED) is 0.0423. The normalized spacial score (nSPS) is 12.8. The second kappa shape index (κ2) is 50.5. The van der Waals surface area contributed by atoms with Gasteiger partial charge in [0.25, 0.3) is 0 Å². The van der Waals surface area contributed by atoms with Crippen LogP contribution >= 0.6 is 0 Å². The van der Waals surface area contributed by atoms with Crippen LogP contribution in [-0.4, -0.2) is 34.9 Å². The van der Waals surface area contributed by atoms with E-state index >= 15 is 0 Å². The average molecular weight is 818 g/mol. The SMILES string of the molecule is CCCCCC/C=C/C(O)C(CO)NC(=O)CCCCCCCCCCCCCCCCCCCCCCCCCCCCCCCCCCCCCCCCCC. The van der Waals surface area contributed by atoms with Crippen LogP contribution in [0.1, 0.15) is 309 Å². The van der Waals surface area contributed by atoms with E-state index in [4.69, 9.17) is 0 Å². The fraction of sp³-hybridized carbons (Fsp3) is 0.944. The first-order chi connectivity index (χ1) is 28.7. The molecule has 0 aliphatic rings. The van der Waals surface area contributed by atoms with E-state index in [0.717, 1.165) is 25.7 Å². The summed E-state index contributed by atoms with van der Waals surface area (Å²) in [6, 6.07) is -0.614. The van der Waals surface area contributed by atoms with E-state index in [9.17, 15) is 15.0 Å². The zero-order valence-electron chi connectivity index (χ0n) is 39.8. The first-order valence-electron chi connectivity index (χ1n) is 26.9. The number of hydrogen-bond donors (Lipinski definition) is 3. The van der Waals surface area contributed by atoms with Crippen molar-refractivity contribution in [2.45, 2.75) is 321 Å². The number of aliphatic hydroxyl groups excluding tert-OH is 2. The van der Waals surface area contributed by atoms with Gasteiger partial charge in [-0.2, -0.15) is 0 Å². The highest BCUT2D eigenvalue weighted by Crippen LogP contribution is 2.18. The third-order valence-corrected chi connectivity index (χ3v) is 12.8. The van der Waals surface area contributed by atoms with E-state index < -0.39 is 12.1 Å². The molecule has 0 aliphatic heterocycles. The van der Waals surface area contributed by atoms with Crippen molar-refractivity contribution in [1.82, 2.24) is 5.32 Å². The van der Waals surface area contributed by atoms with Crippen molar-refractivity contribution in [3.63, 3.8) is 0 Å². The van der Waals surface area contributed by atoms with Crippen LogP contribution in [0.4, 0.5) is 0 Å². The van der Waals surface area contributed by atoms with Gasteiger partial charge in [-0.15, -0.1) is 0 Å². The fourth-order valence-electron chi connectivity index (χ4n) is 8.65. The van der Waals surface area contributed by atoms with Gasteiger partial charge in [-0.1, -0.05) is 296 Å². The minimum absolute atomic E-state index is 0.0638. The molecule has 0 rings (SSSR count). The molecule has 0 radical (unpaired) electrons. The molecule has 0 heterocycles. The van der Waals surface area contributed by atoms with Crippen molar-refractivity contribution in [3.8, 4) is 0 Å². The summed E-state index contributed by atoms with van der Waals surface area (Å²) >= 11 is 0. The van der Waals surface area contributed by atoms with Crippen LogP contribution in [0.3, 0.4) is 0 Å². The van der Waals surface area contributed by atoms with Crippen molar-refractivity contribution >= 4 is 5.91 Å². The van der Waals surface area contributed by atoms with Crippen molar-refractivity contribution in [3.05, 3.63) is 12.2 Å². The molecule has 0 bridgehead atoms. The maximum absolute atomic E-state index is 12.3. The number of aliphatic hydroxyl groups is 2. The highest BCUT2D eigenvalue weighted by Gasteiger charge is 2.18. The van der Waals surface area contributed by atoms with Crippen molar-refractivity contribution in [2.24, 2.45) is 0 Å². The summed E-state index contributed by atoms with van der Waals surface area (Å²) in [5, 5.41) is 22.7. The number of allylic oxidation sites excluding steroid dienone is 1. The minimum Gasteiger partial charge on any atom is -0.394 e. The monoisotopic (exact) mass is 818 g/mol. The molecule has 0 fully saturated rings. The smallest absolute Gasteiger partial charge is 0.220 e. The molecule has 58 heavy (non-hydrogen) atoms. The van der Waals surface area contributed by atoms with Gasteiger partial charge >= 0.3 is 0 Å². The molecule has 0 saturated heterocycles. The molecule has 3 N–H and O–H groups in total. The lowest BCUT2D eigenvalue weighted by molar-refractivity contribution is -0.123. The molecule has 0 aromatic rings. The Bertz CT molecular complexity index is 799. The predicted octanol–water partition coefficient (Wildman–Crippen LogP) is 17.4. The Morgan fingerprint density at radius 3 is 0.897 bits per heavy atom. The Labute approximate surface area is 365 Å². The van der Waals surface area contributed by atoms with E-state index in [1.807, 2.05) is 6.08 Å². The lowest BCUT2D eigenvalue weighted by Crippen LogP contribution is -2.45. The van der Waals surface area contributed by atoms with Crippen molar-refractivity contribution in [2.75, 3.05) is 6.61 Å². The van der Waals surface area contributed by atoms with Crippen molar-refractivity contribution < 1.29 is 15.0 Å². The van der Waals surface area contributed by atoms with Gasteiger partial charge in [0, 0.05) is 6.42 Å². The first kappa shape index (κ1) is 57.1. The van der Waals surface area contributed by atoms with Gasteiger partial charge in [-0.05, 0) is 19.3 Å². The lowest BCUT2D eigenvalue weighted by Gasteiger charge is -2.20. The topological polar surface area (TPSA) is 69.6 Å². The van der Waals surface area contributed by atoms with Gasteiger partial charge in [-0.25, -0.2) is 0 Å². The molecule has 4 heteroatoms. The van der Waals surface area contributed by atoms with Crippen LogP contribution in [0.25, 0.3) is 0 Å². The Kier molecular flexibility index (Phi) is 49.7. The van der Waals surface area contributed by atoms with E-state index in [1.54, 1.807) is 6.08 Å². The Balaban J connectivity index is 3.25. The standard InChI is InChI=1S/C54H107NO3/c1-3-5-7-9-11-12-13-14-15-16-17-18-19-20-21-22-23-24-25-26-27-28-29-30-31-32-33-34-35-36-37-38-39-40-41-42-43-44-46-48-50-54(58)55-52(51-56)53(57)49-47-45-10-8-6-4-2/h47,49,52-53,56-57H,3-46,48,50-51H2,1-2H3,(H,55,58)/b49-47+. The van der Waals surface area contributed by atoms with Gasteiger partial charge in [0.15, 0.2) is 0 Å². The molecule has 2 unspecified atom stereocenters. The summed E-state index contributed by atoms with van der Waals surface area (Å²) in [5.41, 5.74) is 0. The van der Waals surface area contributed by atoms with Gasteiger partial charge in [-0.3, -0.25) is 4.79 Å². The van der Waals surface area contributed by atoms with E-state index in [2.05, 4.69) is 19.2 Å². The maximum Gasteiger partial charge on any atom is 0.220 e. The predicted molar refractivity (Wildman–Crippen MR) is 258 cm³/mol. The fourth-order valence-corrected chi connectivity index (χ4v) is 8.65. The van der Waals surface area contributed by atoms with Crippen LogP contribution in [0.2, 0.25) is 0 Å². The molecule has 0 spiro atoms. The molecule has 0 saturated carbocycles. The summed E-state index contributed by atoms with van der Waals surface area (Å²) in [4.78, 5) is 12.3. The molecule has 0 aromatic heterocycles. The molecule has 4 nitrogen and oxygen atoms in total. The van der Waals surface area contributed by atoms with Gasteiger partial charge < -0.3 is 15.5 Å². The second-order valence-electron chi connectivity index (χ2n) is 18.7. The number of amides is 1. The van der Waals surface area contributed by atoms with Crippen LogP contribution in [0.5, 0.6) is 0 Å². The Morgan fingerprint density at radius 2 is 0.638 bits per heavy atom. The third kappa shape index (κ3) is 46.2. The summed E-state index contributed by atoms with van der Waals surface area (Å²) in [6.07, 6.45) is 65.7. The number of hydrogen-bond acceptors (Lipinski definition) is 3. The van der Waals surface area contributed by atoms with Crippen LogP contribution in [-0.2, 0) is 4.79 Å². The summed E-state index contributed by atoms with van der Waals surface area (Å²) in [7, 11) is 0. The zero-order chi connectivity index (χ0) is 42.1. The maximum atomic E-state index is 12.3. The number of nitrogens with one attached hydrogen (secondary N) is 1. The number of unbranched alkanes of at least 4 members (excludes halogenated alkanes) is 43. The molecular weight excluding hydrogens is 711 g/mol. The summed E-state index contributed by atoms with van der Waals surface area (Å²) < 4.78 is 0. The number of carbonyl (C=O) groups excluding carboxylic acids is 1. The van der Waals surface area contributed by atoms with Gasteiger partial charge in [0.2, 0.25) is 5.91 Å². The molecule has 0 aliphatic carbocycles. The van der Waals surface area contributed by atoms with Crippen LogP contribution in [0.15, 0.2) is 12.2 Å². The Hall–Kier alpha value is -0.870. The number of carbonyl (C=O) groups is 1. The van der Waals surface area contributed by atoms with Crippen molar-refractivity contribution in [1.29, 1.82) is 0 Å². The minimum atomic E-state index is -0.831. The van der Waals surface area contributed by atoms with Gasteiger partial charge in [0.05, 0.1) is 18.8 Å². The molecule has 0 aromatic carbocycles. The van der Waals surface area contributed by atoms with Gasteiger partial charge in [0.1, 0.15) is 0 Å². The second-order valence-corrected chi connectivity index (χ2v) is 18.7. The van der Waals surface area contributed by atoms with Crippen LogP contribution in [0, 0.1) is 0 Å². The molecular formula is C54H107NO3. The highest BCUT2D eigenvalue weighted by atomic mass is 16.3. The first-order valence-corrected chi connectivity index (χ1v) is 26.9. The average Bonchev–Trinajstić information content (AvgIpc) is 3.23. The van der Waals surface area contributed by atoms with E-state index in [-0.39, 0.29) is 12.5 Å². The van der Waals surface area contributed by atoms with E-state index in [0.29, 0.717) is 6.42 Å². The molecule has 2 atom stereocenters. The lowest BCUT2D eigenvalue weighted by atomic mass is 10.0. The van der Waals surface area contributed by atoms with E-state index in [1.165, 1.54) is 263 Å². The zero-order valence-corrected chi connectivity index (χ0v) is 39.8. The molecule has 1 amide bonds. The summed E-state index contributed by atoms with van der Waals surface area (Å²) in [5.74, 6) is -0.0638.